The zero-order valence-electron chi connectivity index (χ0n) is 10.3. The zero-order valence-corrected chi connectivity index (χ0v) is 11.1. The summed E-state index contributed by atoms with van der Waals surface area (Å²) in [6.07, 6.45) is -4.63. The van der Waals surface area contributed by atoms with Crippen molar-refractivity contribution in [1.82, 2.24) is 10.2 Å². The summed E-state index contributed by atoms with van der Waals surface area (Å²) in [7, 11) is 0. The number of aromatic hydroxyl groups is 1. The molecule has 112 valence electrons. The Morgan fingerprint density at radius 3 is 2.40 bits per heavy atom. The molecule has 1 aromatic carbocycles. The molecule has 8 heteroatoms. The zero-order chi connectivity index (χ0) is 14.9. The quantitative estimate of drug-likeness (QED) is 0.824. The van der Waals surface area contributed by atoms with Gasteiger partial charge in [0.15, 0.2) is 11.6 Å². The van der Waals surface area contributed by atoms with Gasteiger partial charge in [0.1, 0.15) is 6.04 Å². The van der Waals surface area contributed by atoms with Crippen LogP contribution in [0, 0.1) is 5.82 Å². The van der Waals surface area contributed by atoms with Crippen LogP contribution in [0.15, 0.2) is 12.1 Å². The van der Waals surface area contributed by atoms with Gasteiger partial charge < -0.3 is 10.4 Å². The molecule has 1 fully saturated rings. The summed E-state index contributed by atoms with van der Waals surface area (Å²) < 4.78 is 53.3. The van der Waals surface area contributed by atoms with E-state index in [0.717, 1.165) is 17.0 Å². The fourth-order valence-electron chi connectivity index (χ4n) is 2.31. The molecule has 2 rings (SSSR count). The van der Waals surface area contributed by atoms with Crippen LogP contribution in [0.5, 0.6) is 5.75 Å². The molecule has 3 nitrogen and oxygen atoms in total. The Hall–Kier alpha value is -1.05. The number of phenols is 1. The lowest BCUT2D eigenvalue weighted by molar-refractivity contribution is -0.188. The first-order chi connectivity index (χ1) is 9.30. The molecule has 1 aliphatic heterocycles. The van der Waals surface area contributed by atoms with Gasteiger partial charge in [-0.3, -0.25) is 4.90 Å². The highest BCUT2D eigenvalue weighted by molar-refractivity contribution is 6.30. The summed E-state index contributed by atoms with van der Waals surface area (Å²) in [5.41, 5.74) is -0.551. The number of benzene rings is 1. The third kappa shape index (κ3) is 3.16. The predicted molar refractivity (Wildman–Crippen MR) is 66.3 cm³/mol. The maximum Gasteiger partial charge on any atom is 0.408 e. The summed E-state index contributed by atoms with van der Waals surface area (Å²) in [6.45, 7) is 1.10. The minimum Gasteiger partial charge on any atom is -0.505 e. The van der Waals surface area contributed by atoms with E-state index in [9.17, 15) is 22.7 Å². The Kier molecular flexibility index (Phi) is 4.41. The number of piperazine rings is 1. The van der Waals surface area contributed by atoms with Gasteiger partial charge in [-0.2, -0.15) is 13.2 Å². The van der Waals surface area contributed by atoms with Crippen molar-refractivity contribution in [2.24, 2.45) is 0 Å². The van der Waals surface area contributed by atoms with Crippen LogP contribution in [0.2, 0.25) is 5.02 Å². The van der Waals surface area contributed by atoms with Crippen molar-refractivity contribution in [3.8, 4) is 5.75 Å². The first-order valence-electron chi connectivity index (χ1n) is 6.00. The van der Waals surface area contributed by atoms with E-state index in [2.05, 4.69) is 5.32 Å². The van der Waals surface area contributed by atoms with E-state index in [0.29, 0.717) is 13.1 Å². The molecule has 0 saturated carbocycles. The number of hydrogen-bond acceptors (Lipinski definition) is 3. The van der Waals surface area contributed by atoms with E-state index in [1.807, 2.05) is 0 Å². The van der Waals surface area contributed by atoms with Crippen LogP contribution in [-0.4, -0.2) is 42.4 Å². The van der Waals surface area contributed by atoms with Gasteiger partial charge in [-0.15, -0.1) is 0 Å². The highest BCUT2D eigenvalue weighted by Gasteiger charge is 2.46. The minimum absolute atomic E-state index is 0.151. The van der Waals surface area contributed by atoms with Gasteiger partial charge in [-0.1, -0.05) is 11.6 Å². The van der Waals surface area contributed by atoms with Crippen molar-refractivity contribution in [2.45, 2.75) is 12.2 Å². The molecular formula is C12H13ClF4N2O. The molecule has 0 spiro atoms. The summed E-state index contributed by atoms with van der Waals surface area (Å²) in [5, 5.41) is 12.4. The Morgan fingerprint density at radius 2 is 1.85 bits per heavy atom. The molecule has 1 heterocycles. The van der Waals surface area contributed by atoms with E-state index in [4.69, 9.17) is 11.6 Å². The van der Waals surface area contributed by atoms with Crippen LogP contribution in [0.4, 0.5) is 17.6 Å². The van der Waals surface area contributed by atoms with Gasteiger partial charge in [0, 0.05) is 36.8 Å². The van der Waals surface area contributed by atoms with Gasteiger partial charge in [0.2, 0.25) is 0 Å². The van der Waals surface area contributed by atoms with Crippen LogP contribution < -0.4 is 5.32 Å². The molecule has 0 aliphatic carbocycles. The Labute approximate surface area is 118 Å². The average Bonchev–Trinajstić information content (AvgIpc) is 2.35. The van der Waals surface area contributed by atoms with E-state index < -0.39 is 29.3 Å². The van der Waals surface area contributed by atoms with Crippen molar-refractivity contribution in [2.75, 3.05) is 26.2 Å². The summed E-state index contributed by atoms with van der Waals surface area (Å²) in [6, 6.07) is -0.330. The van der Waals surface area contributed by atoms with Gasteiger partial charge in [0.05, 0.1) is 0 Å². The van der Waals surface area contributed by atoms with Crippen molar-refractivity contribution >= 4 is 11.6 Å². The molecule has 20 heavy (non-hydrogen) atoms. The van der Waals surface area contributed by atoms with Gasteiger partial charge in [0.25, 0.3) is 0 Å². The van der Waals surface area contributed by atoms with Crippen molar-refractivity contribution in [3.63, 3.8) is 0 Å². The van der Waals surface area contributed by atoms with Crippen LogP contribution in [0.3, 0.4) is 0 Å². The lowest BCUT2D eigenvalue weighted by Gasteiger charge is -2.36. The molecule has 1 aromatic rings. The molecule has 0 radical (unpaired) electrons. The minimum atomic E-state index is -4.63. The first-order valence-corrected chi connectivity index (χ1v) is 6.38. The second-order valence-electron chi connectivity index (χ2n) is 4.56. The van der Waals surface area contributed by atoms with Crippen molar-refractivity contribution in [3.05, 3.63) is 28.5 Å². The Bertz CT molecular complexity index is 489. The Morgan fingerprint density at radius 1 is 1.25 bits per heavy atom. The topological polar surface area (TPSA) is 35.5 Å². The van der Waals surface area contributed by atoms with E-state index >= 15 is 0 Å². The van der Waals surface area contributed by atoms with E-state index in [-0.39, 0.29) is 18.1 Å². The van der Waals surface area contributed by atoms with Crippen molar-refractivity contribution < 1.29 is 22.7 Å². The summed E-state index contributed by atoms with van der Waals surface area (Å²) >= 11 is 5.61. The number of halogens is 5. The van der Waals surface area contributed by atoms with Crippen LogP contribution in [0.25, 0.3) is 0 Å². The standard InChI is InChI=1S/C12H13ClF4N2O/c13-7-5-8(10(20)9(14)6-7)11(12(15,16)17)19-3-1-18-2-4-19/h5-6,11,18,20H,1-4H2/t11-/m0/s1. The van der Waals surface area contributed by atoms with Gasteiger partial charge in [-0.05, 0) is 12.1 Å². The summed E-state index contributed by atoms with van der Waals surface area (Å²) in [5.74, 6) is -2.16. The molecule has 0 amide bonds. The normalized spacial score (nSPS) is 19.1. The molecule has 2 N–H and O–H groups in total. The lowest BCUT2D eigenvalue weighted by atomic mass is 10.0. The van der Waals surface area contributed by atoms with Gasteiger partial charge in [-0.25, -0.2) is 4.39 Å². The van der Waals surface area contributed by atoms with Gasteiger partial charge >= 0.3 is 6.18 Å². The number of nitrogens with one attached hydrogen (secondary N) is 1. The molecule has 0 unspecified atom stereocenters. The highest BCUT2D eigenvalue weighted by atomic mass is 35.5. The average molecular weight is 313 g/mol. The second-order valence-corrected chi connectivity index (χ2v) is 4.99. The fraction of sp³-hybridized carbons (Fsp3) is 0.500. The van der Waals surface area contributed by atoms with E-state index in [1.165, 1.54) is 0 Å². The third-order valence-corrected chi connectivity index (χ3v) is 3.40. The number of hydrogen-bond donors (Lipinski definition) is 2. The molecule has 1 aliphatic rings. The summed E-state index contributed by atoms with van der Waals surface area (Å²) in [4.78, 5) is 1.15. The monoisotopic (exact) mass is 312 g/mol. The number of alkyl halides is 3. The maximum absolute atomic E-state index is 13.4. The van der Waals surface area contributed by atoms with Crippen LogP contribution >= 0.6 is 11.6 Å². The largest absolute Gasteiger partial charge is 0.505 e. The molecule has 1 atom stereocenters. The number of rotatable bonds is 2. The van der Waals surface area contributed by atoms with Crippen LogP contribution in [0.1, 0.15) is 11.6 Å². The fourth-order valence-corrected chi connectivity index (χ4v) is 2.53. The molecule has 0 aromatic heterocycles. The highest BCUT2D eigenvalue weighted by Crippen LogP contribution is 2.43. The Balaban J connectivity index is 2.46. The number of nitrogens with zero attached hydrogens (tertiary/aromatic N) is 1. The SMILES string of the molecule is Oc1c(F)cc(Cl)cc1[C@H](N1CCNCC1)C(F)(F)F. The third-order valence-electron chi connectivity index (χ3n) is 3.18. The number of phenolic OH excluding ortho intramolecular Hbond substituents is 1. The smallest absolute Gasteiger partial charge is 0.408 e. The predicted octanol–water partition coefficient (Wildman–Crippen LogP) is 2.69. The second kappa shape index (κ2) is 5.75. The first kappa shape index (κ1) is 15.3. The van der Waals surface area contributed by atoms with Crippen LogP contribution in [-0.2, 0) is 0 Å². The maximum atomic E-state index is 13.4. The molecular weight excluding hydrogens is 300 g/mol. The molecule has 1 saturated heterocycles. The lowest BCUT2D eigenvalue weighted by Crippen LogP contribution is -2.49. The van der Waals surface area contributed by atoms with Crippen molar-refractivity contribution in [1.29, 1.82) is 0 Å². The van der Waals surface area contributed by atoms with E-state index in [1.54, 1.807) is 0 Å². The molecule has 0 bridgehead atoms.